The van der Waals surface area contributed by atoms with Crippen molar-refractivity contribution >= 4 is 11.9 Å². The van der Waals surface area contributed by atoms with Crippen LogP contribution in [0.15, 0.2) is 24.3 Å². The third-order valence-electron chi connectivity index (χ3n) is 5.40. The highest BCUT2D eigenvalue weighted by molar-refractivity contribution is 5.86. The number of rotatable bonds is 2. The molecule has 1 atom stereocenters. The molecule has 1 N–H and O–H groups in total. The third kappa shape index (κ3) is 4.02. The van der Waals surface area contributed by atoms with Gasteiger partial charge in [0, 0.05) is 31.7 Å². The Morgan fingerprint density at radius 1 is 1.23 bits per heavy atom. The van der Waals surface area contributed by atoms with Gasteiger partial charge in [0.05, 0.1) is 5.41 Å². The molecule has 2 aliphatic rings. The van der Waals surface area contributed by atoms with Crippen molar-refractivity contribution in [3.05, 3.63) is 35.4 Å². The molecule has 5 heteroatoms. The van der Waals surface area contributed by atoms with Gasteiger partial charge in [0.15, 0.2) is 0 Å². The predicted octanol–water partition coefficient (Wildman–Crippen LogP) is 3.32. The molecule has 1 spiro atoms. The SMILES string of the molecule is Cc1cccc(CN2CCC[C@@]3(CCN(C(=O)NC(C)(C)C)C3)C2=O)c1. The highest BCUT2D eigenvalue weighted by Crippen LogP contribution is 2.40. The molecule has 0 aliphatic carbocycles. The molecule has 0 aromatic heterocycles. The van der Waals surface area contributed by atoms with Crippen molar-refractivity contribution in [2.75, 3.05) is 19.6 Å². The number of benzene rings is 1. The summed E-state index contributed by atoms with van der Waals surface area (Å²) in [6.45, 7) is 10.7. The molecule has 0 bridgehead atoms. The summed E-state index contributed by atoms with van der Waals surface area (Å²) in [4.78, 5) is 29.6. The van der Waals surface area contributed by atoms with E-state index in [9.17, 15) is 9.59 Å². The van der Waals surface area contributed by atoms with E-state index in [1.807, 2.05) is 36.6 Å². The van der Waals surface area contributed by atoms with Gasteiger partial charge in [-0.3, -0.25) is 4.79 Å². The molecule has 1 aromatic rings. The van der Waals surface area contributed by atoms with Gasteiger partial charge >= 0.3 is 6.03 Å². The van der Waals surface area contributed by atoms with E-state index in [-0.39, 0.29) is 17.5 Å². The minimum atomic E-state index is -0.392. The lowest BCUT2D eigenvalue weighted by atomic mass is 9.78. The Balaban J connectivity index is 1.68. The van der Waals surface area contributed by atoms with Crippen molar-refractivity contribution in [1.82, 2.24) is 15.1 Å². The van der Waals surface area contributed by atoms with Gasteiger partial charge in [-0.15, -0.1) is 0 Å². The van der Waals surface area contributed by atoms with Gasteiger partial charge in [-0.1, -0.05) is 29.8 Å². The average molecular weight is 357 g/mol. The first-order valence-electron chi connectivity index (χ1n) is 9.61. The first-order chi connectivity index (χ1) is 12.2. The zero-order valence-corrected chi connectivity index (χ0v) is 16.5. The molecule has 0 saturated carbocycles. The number of aryl methyl sites for hydroxylation is 1. The molecular formula is C21H31N3O2. The number of urea groups is 1. The standard InChI is InChI=1S/C21H31N3O2/c1-16-7-5-8-17(13-16)14-23-11-6-9-21(18(23)25)10-12-24(15-21)19(26)22-20(2,3)4/h5,7-8,13H,6,9-12,14-15H2,1-4H3,(H,22,26)/t21-/m0/s1. The number of carbonyl (C=O) groups is 2. The minimum Gasteiger partial charge on any atom is -0.338 e. The number of carbonyl (C=O) groups excluding carboxylic acids is 2. The van der Waals surface area contributed by atoms with E-state index in [2.05, 4.69) is 30.4 Å². The van der Waals surface area contributed by atoms with E-state index in [1.165, 1.54) is 11.1 Å². The van der Waals surface area contributed by atoms with E-state index in [0.29, 0.717) is 19.6 Å². The highest BCUT2D eigenvalue weighted by Gasteiger charge is 2.49. The van der Waals surface area contributed by atoms with Crippen LogP contribution in [0.25, 0.3) is 0 Å². The van der Waals surface area contributed by atoms with Crippen molar-refractivity contribution < 1.29 is 9.59 Å². The molecule has 2 heterocycles. The summed E-state index contributed by atoms with van der Waals surface area (Å²) in [6, 6.07) is 8.29. The van der Waals surface area contributed by atoms with E-state index >= 15 is 0 Å². The third-order valence-corrected chi connectivity index (χ3v) is 5.40. The van der Waals surface area contributed by atoms with Crippen LogP contribution in [0.4, 0.5) is 4.79 Å². The molecule has 1 aromatic carbocycles. The largest absolute Gasteiger partial charge is 0.338 e. The second-order valence-electron chi connectivity index (χ2n) is 8.95. The quantitative estimate of drug-likeness (QED) is 0.883. The number of hydrogen-bond acceptors (Lipinski definition) is 2. The van der Waals surface area contributed by atoms with Crippen molar-refractivity contribution in [3.63, 3.8) is 0 Å². The lowest BCUT2D eigenvalue weighted by Gasteiger charge is -2.39. The summed E-state index contributed by atoms with van der Waals surface area (Å²) < 4.78 is 0. The molecular weight excluding hydrogens is 326 g/mol. The molecule has 0 radical (unpaired) electrons. The van der Waals surface area contributed by atoms with Crippen LogP contribution in [0.3, 0.4) is 0 Å². The predicted molar refractivity (Wildman–Crippen MR) is 103 cm³/mol. The maximum Gasteiger partial charge on any atom is 0.317 e. The van der Waals surface area contributed by atoms with E-state index in [1.54, 1.807) is 0 Å². The minimum absolute atomic E-state index is 0.0574. The van der Waals surface area contributed by atoms with Crippen LogP contribution in [-0.4, -0.2) is 46.9 Å². The first kappa shape index (κ1) is 18.7. The molecule has 5 nitrogen and oxygen atoms in total. The fourth-order valence-corrected chi connectivity index (χ4v) is 4.16. The second-order valence-corrected chi connectivity index (χ2v) is 8.95. The number of hydrogen-bond donors (Lipinski definition) is 1. The summed E-state index contributed by atoms with van der Waals surface area (Å²) in [5, 5.41) is 3.02. The number of amides is 3. The first-order valence-corrected chi connectivity index (χ1v) is 9.61. The Bertz CT molecular complexity index is 695. The highest BCUT2D eigenvalue weighted by atomic mass is 16.2. The van der Waals surface area contributed by atoms with Crippen LogP contribution in [0.1, 0.15) is 51.2 Å². The zero-order chi connectivity index (χ0) is 18.9. The van der Waals surface area contributed by atoms with Gasteiger partial charge in [0.25, 0.3) is 0 Å². The van der Waals surface area contributed by atoms with Crippen molar-refractivity contribution in [2.24, 2.45) is 5.41 Å². The van der Waals surface area contributed by atoms with E-state index < -0.39 is 5.41 Å². The Kier molecular flexibility index (Phi) is 5.00. The molecule has 3 rings (SSSR count). The maximum absolute atomic E-state index is 13.3. The molecule has 26 heavy (non-hydrogen) atoms. The van der Waals surface area contributed by atoms with Crippen LogP contribution >= 0.6 is 0 Å². The van der Waals surface area contributed by atoms with Crippen molar-refractivity contribution in [2.45, 2.75) is 59.0 Å². The lowest BCUT2D eigenvalue weighted by Crippen LogP contribution is -2.52. The van der Waals surface area contributed by atoms with Crippen LogP contribution in [0, 0.1) is 12.3 Å². The van der Waals surface area contributed by atoms with Gasteiger partial charge in [0.1, 0.15) is 0 Å². The summed E-state index contributed by atoms with van der Waals surface area (Å²) in [5.41, 5.74) is 1.74. The topological polar surface area (TPSA) is 52.6 Å². The number of nitrogens with one attached hydrogen (secondary N) is 1. The van der Waals surface area contributed by atoms with Crippen LogP contribution in [-0.2, 0) is 11.3 Å². The fourth-order valence-electron chi connectivity index (χ4n) is 4.16. The van der Waals surface area contributed by atoms with Crippen LogP contribution in [0.5, 0.6) is 0 Å². The van der Waals surface area contributed by atoms with Crippen molar-refractivity contribution in [3.8, 4) is 0 Å². The van der Waals surface area contributed by atoms with Gasteiger partial charge in [0.2, 0.25) is 5.91 Å². The number of likely N-dealkylation sites (tertiary alicyclic amines) is 2. The van der Waals surface area contributed by atoms with Crippen molar-refractivity contribution in [1.29, 1.82) is 0 Å². The normalized spacial score (nSPS) is 23.6. The number of piperidine rings is 1. The average Bonchev–Trinajstić information content (AvgIpc) is 2.96. The van der Waals surface area contributed by atoms with Gasteiger partial charge in [-0.2, -0.15) is 0 Å². The molecule has 2 fully saturated rings. The van der Waals surface area contributed by atoms with Gasteiger partial charge in [-0.05, 0) is 52.5 Å². The zero-order valence-electron chi connectivity index (χ0n) is 16.5. The summed E-state index contributed by atoms with van der Waals surface area (Å²) in [5.74, 6) is 0.219. The summed E-state index contributed by atoms with van der Waals surface area (Å²) in [7, 11) is 0. The Labute approximate surface area is 156 Å². The summed E-state index contributed by atoms with van der Waals surface area (Å²) >= 11 is 0. The van der Waals surface area contributed by atoms with E-state index in [4.69, 9.17) is 0 Å². The van der Waals surface area contributed by atoms with Gasteiger partial charge < -0.3 is 15.1 Å². The lowest BCUT2D eigenvalue weighted by molar-refractivity contribution is -0.146. The molecule has 142 valence electrons. The monoisotopic (exact) mass is 357 g/mol. The molecule has 2 aliphatic heterocycles. The Morgan fingerprint density at radius 2 is 2.00 bits per heavy atom. The Morgan fingerprint density at radius 3 is 2.69 bits per heavy atom. The number of nitrogens with zero attached hydrogens (tertiary/aromatic N) is 2. The van der Waals surface area contributed by atoms with Crippen LogP contribution in [0.2, 0.25) is 0 Å². The fraction of sp³-hybridized carbons (Fsp3) is 0.619. The smallest absolute Gasteiger partial charge is 0.317 e. The van der Waals surface area contributed by atoms with Gasteiger partial charge in [-0.25, -0.2) is 4.79 Å². The Hall–Kier alpha value is -2.04. The summed E-state index contributed by atoms with van der Waals surface area (Å²) in [6.07, 6.45) is 2.66. The molecule has 2 saturated heterocycles. The molecule has 0 unspecified atom stereocenters. The molecule has 3 amide bonds. The van der Waals surface area contributed by atoms with E-state index in [0.717, 1.165) is 25.8 Å². The maximum atomic E-state index is 13.3. The van der Waals surface area contributed by atoms with Crippen LogP contribution < -0.4 is 5.32 Å². The second kappa shape index (κ2) is 6.93.